The molecule has 1 N–H and O–H groups in total. The Morgan fingerprint density at radius 2 is 1.74 bits per heavy atom. The molecule has 0 radical (unpaired) electrons. The second kappa shape index (κ2) is 6.62. The molecule has 0 amide bonds. The van der Waals surface area contributed by atoms with Crippen molar-refractivity contribution in [2.45, 2.75) is 18.4 Å². The number of hydrogen-bond donors (Lipinski definition) is 1. The lowest BCUT2D eigenvalue weighted by Crippen LogP contribution is -2.23. The highest BCUT2D eigenvalue weighted by atomic mass is 32.2. The largest absolute Gasteiger partial charge is 0.241 e. The highest BCUT2D eigenvalue weighted by molar-refractivity contribution is 7.89. The Bertz CT molecular complexity index is 903. The van der Waals surface area contributed by atoms with Crippen molar-refractivity contribution in [3.63, 3.8) is 0 Å². The van der Waals surface area contributed by atoms with Gasteiger partial charge >= 0.3 is 0 Å². The van der Waals surface area contributed by atoms with Crippen molar-refractivity contribution in [1.82, 2.24) is 9.71 Å². The summed E-state index contributed by atoms with van der Waals surface area (Å²) in [7, 11) is -3.52. The van der Waals surface area contributed by atoms with E-state index in [2.05, 4.69) is 9.71 Å². The van der Waals surface area contributed by atoms with E-state index in [9.17, 15) is 8.42 Å². The highest BCUT2D eigenvalue weighted by Crippen LogP contribution is 2.27. The van der Waals surface area contributed by atoms with Crippen LogP contribution in [0.2, 0.25) is 0 Å². The molecule has 2 aromatic carbocycles. The maximum Gasteiger partial charge on any atom is 0.240 e. The Hall–Kier alpha value is -2.02. The normalized spacial score (nSPS) is 11.5. The third-order valence-corrected chi connectivity index (χ3v) is 5.78. The van der Waals surface area contributed by atoms with E-state index in [1.54, 1.807) is 41.7 Å². The van der Waals surface area contributed by atoms with Gasteiger partial charge in [-0.25, -0.2) is 18.1 Å². The lowest BCUT2D eigenvalue weighted by Gasteiger charge is -2.10. The van der Waals surface area contributed by atoms with E-state index in [0.29, 0.717) is 0 Å². The van der Waals surface area contributed by atoms with Gasteiger partial charge in [0.2, 0.25) is 10.0 Å². The second-order valence-corrected chi connectivity index (χ2v) is 7.71. The fourth-order valence-corrected chi connectivity index (χ4v) is 4.10. The number of nitrogens with one attached hydrogen (secondary N) is 1. The van der Waals surface area contributed by atoms with Crippen molar-refractivity contribution in [3.8, 4) is 10.6 Å². The first kappa shape index (κ1) is 15.9. The summed E-state index contributed by atoms with van der Waals surface area (Å²) in [6.45, 7) is 2.17. The Morgan fingerprint density at radius 3 is 2.43 bits per heavy atom. The van der Waals surface area contributed by atoms with Crippen molar-refractivity contribution >= 4 is 21.4 Å². The van der Waals surface area contributed by atoms with Gasteiger partial charge in [0.1, 0.15) is 5.01 Å². The third-order valence-electron chi connectivity index (χ3n) is 3.37. The summed E-state index contributed by atoms with van der Waals surface area (Å²) in [6.07, 6.45) is 0. The molecule has 0 bridgehead atoms. The van der Waals surface area contributed by atoms with Crippen LogP contribution < -0.4 is 4.72 Å². The number of sulfonamides is 1. The molecule has 0 saturated carbocycles. The Balaban J connectivity index is 1.84. The topological polar surface area (TPSA) is 59.1 Å². The van der Waals surface area contributed by atoms with E-state index in [1.165, 1.54) is 0 Å². The van der Waals surface area contributed by atoms with Gasteiger partial charge in [-0.15, -0.1) is 11.3 Å². The Morgan fingerprint density at radius 1 is 1.04 bits per heavy atom. The zero-order valence-corrected chi connectivity index (χ0v) is 14.2. The second-order valence-electron chi connectivity index (χ2n) is 5.09. The van der Waals surface area contributed by atoms with Gasteiger partial charge in [0, 0.05) is 23.2 Å². The van der Waals surface area contributed by atoms with E-state index >= 15 is 0 Å². The summed E-state index contributed by atoms with van der Waals surface area (Å²) in [4.78, 5) is 4.75. The van der Waals surface area contributed by atoms with Gasteiger partial charge in [-0.2, -0.15) is 0 Å². The minimum Gasteiger partial charge on any atom is -0.241 e. The van der Waals surface area contributed by atoms with Gasteiger partial charge in [0.25, 0.3) is 0 Å². The van der Waals surface area contributed by atoms with Gasteiger partial charge in [-0.05, 0) is 24.6 Å². The van der Waals surface area contributed by atoms with Crippen LogP contribution in [0.4, 0.5) is 0 Å². The summed E-state index contributed by atoms with van der Waals surface area (Å²) in [6, 6.07) is 16.1. The van der Waals surface area contributed by atoms with E-state index < -0.39 is 10.0 Å². The van der Waals surface area contributed by atoms with Crippen LogP contribution in [0.5, 0.6) is 0 Å². The molecule has 1 aromatic heterocycles. The number of hydrogen-bond acceptors (Lipinski definition) is 4. The molecule has 3 aromatic rings. The molecule has 118 valence electrons. The average Bonchev–Trinajstić information content (AvgIpc) is 3.00. The van der Waals surface area contributed by atoms with E-state index in [1.807, 2.05) is 36.6 Å². The molecule has 0 aliphatic carbocycles. The third kappa shape index (κ3) is 3.67. The minimum atomic E-state index is -3.52. The quantitative estimate of drug-likeness (QED) is 0.769. The van der Waals surface area contributed by atoms with Crippen molar-refractivity contribution in [3.05, 3.63) is 71.2 Å². The number of rotatable bonds is 5. The number of thiazole rings is 1. The fraction of sp³-hybridized carbons (Fsp3) is 0.118. The number of nitrogens with zero attached hydrogens (tertiary/aromatic N) is 1. The van der Waals surface area contributed by atoms with Crippen LogP contribution in [0.25, 0.3) is 10.6 Å². The summed E-state index contributed by atoms with van der Waals surface area (Å²) < 4.78 is 27.3. The van der Waals surface area contributed by atoms with Crippen LogP contribution in [-0.4, -0.2) is 13.4 Å². The first-order valence-corrected chi connectivity index (χ1v) is 9.48. The van der Waals surface area contributed by atoms with Crippen molar-refractivity contribution in [1.29, 1.82) is 0 Å². The zero-order chi connectivity index (χ0) is 16.3. The summed E-state index contributed by atoms with van der Waals surface area (Å²) in [5.74, 6) is 0. The van der Waals surface area contributed by atoms with Crippen LogP contribution in [0, 0.1) is 6.92 Å². The molecule has 0 unspecified atom stereocenters. The monoisotopic (exact) mass is 344 g/mol. The number of benzene rings is 2. The fourth-order valence-electron chi connectivity index (χ4n) is 2.22. The molecule has 0 aliphatic heterocycles. The van der Waals surface area contributed by atoms with E-state index in [4.69, 9.17) is 0 Å². The van der Waals surface area contributed by atoms with Gasteiger partial charge in [-0.3, -0.25) is 0 Å². The summed E-state index contributed by atoms with van der Waals surface area (Å²) in [5.41, 5.74) is 2.83. The molecule has 3 rings (SSSR count). The van der Waals surface area contributed by atoms with Crippen LogP contribution in [-0.2, 0) is 16.6 Å². The minimum absolute atomic E-state index is 0.228. The van der Waals surface area contributed by atoms with Crippen molar-refractivity contribution in [2.75, 3.05) is 0 Å². The molecular formula is C17H16N2O2S2. The molecule has 0 aliphatic rings. The predicted molar refractivity (Wildman–Crippen MR) is 92.8 cm³/mol. The molecule has 1 heterocycles. The predicted octanol–water partition coefficient (Wildman–Crippen LogP) is 3.60. The first-order chi connectivity index (χ1) is 11.1. The molecule has 0 spiro atoms. The average molecular weight is 344 g/mol. The van der Waals surface area contributed by atoms with Crippen LogP contribution in [0.1, 0.15) is 11.3 Å². The molecule has 23 heavy (non-hydrogen) atoms. The first-order valence-electron chi connectivity index (χ1n) is 7.11. The van der Waals surface area contributed by atoms with E-state index in [0.717, 1.165) is 21.8 Å². The van der Waals surface area contributed by atoms with Crippen LogP contribution in [0.15, 0.2) is 64.9 Å². The highest BCUT2D eigenvalue weighted by Gasteiger charge is 2.15. The Labute approximate surface area is 139 Å². The van der Waals surface area contributed by atoms with E-state index in [-0.39, 0.29) is 11.4 Å². The number of aromatic nitrogens is 1. The molecular weight excluding hydrogens is 328 g/mol. The molecule has 0 saturated heterocycles. The van der Waals surface area contributed by atoms with Gasteiger partial charge in [-0.1, -0.05) is 42.5 Å². The smallest absolute Gasteiger partial charge is 0.240 e. The molecule has 0 fully saturated rings. The van der Waals surface area contributed by atoms with Crippen LogP contribution in [0.3, 0.4) is 0 Å². The summed E-state index contributed by atoms with van der Waals surface area (Å²) in [5, 5.41) is 2.89. The zero-order valence-electron chi connectivity index (χ0n) is 12.6. The van der Waals surface area contributed by atoms with Gasteiger partial charge in [0.15, 0.2) is 0 Å². The molecule has 4 nitrogen and oxygen atoms in total. The molecule has 0 atom stereocenters. The van der Waals surface area contributed by atoms with Crippen LogP contribution >= 0.6 is 11.3 Å². The van der Waals surface area contributed by atoms with Crippen molar-refractivity contribution in [2.24, 2.45) is 0 Å². The maximum atomic E-state index is 12.3. The maximum absolute atomic E-state index is 12.3. The van der Waals surface area contributed by atoms with Gasteiger partial charge < -0.3 is 0 Å². The lowest BCUT2D eigenvalue weighted by molar-refractivity contribution is 0.581. The lowest BCUT2D eigenvalue weighted by atomic mass is 10.1. The van der Waals surface area contributed by atoms with Crippen molar-refractivity contribution < 1.29 is 8.42 Å². The molecule has 6 heteroatoms. The van der Waals surface area contributed by atoms with Gasteiger partial charge in [0.05, 0.1) is 4.90 Å². The standard InChI is InChI=1S/C17H16N2O2S2/c1-13-12-22-17(19-13)16-10-6-5-7-14(16)11-18-23(20,21)15-8-3-2-4-9-15/h2-10,12,18H,11H2,1H3. The summed E-state index contributed by atoms with van der Waals surface area (Å²) >= 11 is 1.56. The Kier molecular flexibility index (Phi) is 4.56. The SMILES string of the molecule is Cc1csc(-c2ccccc2CNS(=O)(=O)c2ccccc2)n1. The number of aryl methyl sites for hydroxylation is 1.